The number of unbranched alkanes of at least 4 members (excludes halogenated alkanes) is 3. The largest absolute Gasteiger partial charge is 0.481 e. The lowest BCUT2D eigenvalue weighted by Gasteiger charge is -2.18. The number of carbonyl (C=O) groups is 6. The zero-order valence-electron chi connectivity index (χ0n) is 19.6. The molecule has 0 saturated heterocycles. The topological polar surface area (TPSA) is 305 Å². The molecule has 0 rings (SSSR count). The summed E-state index contributed by atoms with van der Waals surface area (Å²) >= 11 is 0. The van der Waals surface area contributed by atoms with Gasteiger partial charge in [-0.2, -0.15) is 0 Å². The predicted molar refractivity (Wildman–Crippen MR) is 116 cm³/mol. The monoisotopic (exact) mass is 530 g/mol. The number of aliphatic carboxylic acids is 6. The quantitative estimate of drug-likeness (QED) is 0.105. The highest BCUT2D eigenvalue weighted by atomic mass is 16.4. The molecule has 0 bridgehead atoms. The number of carboxylic acids is 6. The van der Waals surface area contributed by atoms with E-state index >= 15 is 0 Å². The molecule has 16 nitrogen and oxygen atoms in total. The third-order valence-electron chi connectivity index (χ3n) is 4.17. The van der Waals surface area contributed by atoms with Gasteiger partial charge in [-0.1, -0.05) is 32.6 Å². The van der Waals surface area contributed by atoms with Gasteiger partial charge in [-0.25, -0.2) is 9.59 Å². The molecule has 0 fully saturated rings. The summed E-state index contributed by atoms with van der Waals surface area (Å²) in [4.78, 5) is 61.0. The van der Waals surface area contributed by atoms with Crippen molar-refractivity contribution in [2.24, 2.45) is 0 Å². The van der Waals surface area contributed by atoms with Crippen molar-refractivity contribution in [2.45, 2.75) is 82.0 Å². The summed E-state index contributed by atoms with van der Waals surface area (Å²) in [5.41, 5.74) is -5.48. The van der Waals surface area contributed by atoms with E-state index in [1.165, 1.54) is 19.3 Å². The highest BCUT2D eigenvalue weighted by Crippen LogP contribution is 2.16. The summed E-state index contributed by atoms with van der Waals surface area (Å²) in [6.07, 6.45) is 0.344. The third kappa shape index (κ3) is 20.1. The Balaban J connectivity index is -0.000000459. The van der Waals surface area contributed by atoms with E-state index < -0.39 is 78.8 Å². The van der Waals surface area contributed by atoms with Gasteiger partial charge in [0, 0.05) is 0 Å². The van der Waals surface area contributed by atoms with Crippen LogP contribution < -0.4 is 0 Å². The molecule has 1 atom stereocenters. The summed E-state index contributed by atoms with van der Waals surface area (Å²) in [6.45, 7) is 2.06. The van der Waals surface area contributed by atoms with Crippen molar-refractivity contribution in [1.82, 2.24) is 0 Å². The van der Waals surface area contributed by atoms with Crippen LogP contribution in [-0.2, 0) is 28.8 Å². The molecule has 0 amide bonds. The van der Waals surface area contributed by atoms with E-state index in [1.807, 2.05) is 0 Å². The molecule has 10 N–H and O–H groups in total. The fraction of sp³-hybridized carbons (Fsp3) is 0.700. The molecule has 0 heterocycles. The average Bonchev–Trinajstić information content (AvgIpc) is 2.69. The van der Waals surface area contributed by atoms with Crippen molar-refractivity contribution in [1.29, 1.82) is 0 Å². The SMILES string of the molecule is CCCCCCC(O)CO.O=C(O)CC(O)(CC(=O)O)C(=O)O.O=C(O)CC(O)(CC(=O)O)C(=O)O. The molecule has 0 aliphatic carbocycles. The van der Waals surface area contributed by atoms with Gasteiger partial charge in [0.1, 0.15) is 0 Å². The summed E-state index contributed by atoms with van der Waals surface area (Å²) in [6, 6.07) is 0. The van der Waals surface area contributed by atoms with Crippen LogP contribution in [-0.4, -0.2) is 111 Å². The molecule has 210 valence electrons. The van der Waals surface area contributed by atoms with Crippen molar-refractivity contribution in [3.8, 4) is 0 Å². The van der Waals surface area contributed by atoms with Gasteiger partial charge in [-0.3, -0.25) is 19.2 Å². The lowest BCUT2D eigenvalue weighted by Crippen LogP contribution is -2.42. The molecule has 0 aromatic heterocycles. The van der Waals surface area contributed by atoms with Crippen molar-refractivity contribution >= 4 is 35.8 Å². The first-order valence-corrected chi connectivity index (χ1v) is 10.4. The zero-order valence-corrected chi connectivity index (χ0v) is 19.6. The van der Waals surface area contributed by atoms with Gasteiger partial charge in [0.15, 0.2) is 11.2 Å². The van der Waals surface area contributed by atoms with Gasteiger partial charge in [0.2, 0.25) is 0 Å². The first-order valence-electron chi connectivity index (χ1n) is 10.4. The first kappa shape index (κ1) is 37.2. The fourth-order valence-corrected chi connectivity index (χ4v) is 2.33. The van der Waals surface area contributed by atoms with Crippen molar-refractivity contribution < 1.29 is 79.8 Å². The number of aliphatic hydroxyl groups is 4. The maximum Gasteiger partial charge on any atom is 0.336 e. The maximum absolute atomic E-state index is 10.3. The van der Waals surface area contributed by atoms with Crippen LogP contribution in [0, 0.1) is 0 Å². The Morgan fingerprint density at radius 2 is 0.917 bits per heavy atom. The summed E-state index contributed by atoms with van der Waals surface area (Å²) in [5, 5.41) is 85.0. The number of rotatable bonds is 16. The molecule has 0 saturated carbocycles. The van der Waals surface area contributed by atoms with Crippen molar-refractivity contribution in [2.75, 3.05) is 6.61 Å². The molecule has 0 aliphatic rings. The molecule has 36 heavy (non-hydrogen) atoms. The van der Waals surface area contributed by atoms with Crippen LogP contribution in [0.25, 0.3) is 0 Å². The summed E-state index contributed by atoms with van der Waals surface area (Å²) in [7, 11) is 0. The second-order valence-corrected chi connectivity index (χ2v) is 7.64. The minimum atomic E-state index is -2.74. The van der Waals surface area contributed by atoms with E-state index in [2.05, 4.69) is 6.92 Å². The van der Waals surface area contributed by atoms with Crippen LogP contribution in [0.3, 0.4) is 0 Å². The van der Waals surface area contributed by atoms with Crippen LogP contribution in [0.1, 0.15) is 64.7 Å². The van der Waals surface area contributed by atoms with E-state index in [0.29, 0.717) is 0 Å². The average molecular weight is 530 g/mol. The van der Waals surface area contributed by atoms with E-state index in [4.69, 9.17) is 51.1 Å². The van der Waals surface area contributed by atoms with Crippen LogP contribution in [0.15, 0.2) is 0 Å². The van der Waals surface area contributed by atoms with Crippen LogP contribution in [0.2, 0.25) is 0 Å². The predicted octanol–water partition coefficient (Wildman–Crippen LogP) is -1.19. The van der Waals surface area contributed by atoms with Gasteiger partial charge in [0.05, 0.1) is 38.4 Å². The van der Waals surface area contributed by atoms with E-state index in [-0.39, 0.29) is 6.61 Å². The number of aliphatic hydroxyl groups excluding tert-OH is 2. The van der Waals surface area contributed by atoms with Gasteiger partial charge in [-0.15, -0.1) is 0 Å². The standard InChI is InChI=1S/C8H18O2.2C6H8O7/c1-2-3-4-5-6-8(10)7-9;2*7-3(8)1-6(13,5(11)12)2-4(9)10/h8-10H,2-7H2,1H3;2*13H,1-2H2,(H,7,8)(H,9,10)(H,11,12). The molecule has 0 aromatic rings. The molecule has 0 spiro atoms. The number of carboxylic acid groups (broad SMARTS) is 6. The number of hydrogen-bond donors (Lipinski definition) is 10. The molecule has 0 aromatic carbocycles. The van der Waals surface area contributed by atoms with Crippen molar-refractivity contribution in [3.05, 3.63) is 0 Å². The lowest BCUT2D eigenvalue weighted by atomic mass is 9.96. The normalized spacial score (nSPS) is 11.6. The Hall–Kier alpha value is -3.34. The van der Waals surface area contributed by atoms with Crippen LogP contribution >= 0.6 is 0 Å². The van der Waals surface area contributed by atoms with E-state index in [9.17, 15) is 28.8 Å². The van der Waals surface area contributed by atoms with Crippen LogP contribution in [0.5, 0.6) is 0 Å². The summed E-state index contributed by atoms with van der Waals surface area (Å²) < 4.78 is 0. The molecule has 16 heteroatoms. The lowest BCUT2D eigenvalue weighted by molar-refractivity contribution is -0.170. The molecule has 1 unspecified atom stereocenters. The Labute approximate surface area is 205 Å². The third-order valence-corrected chi connectivity index (χ3v) is 4.17. The van der Waals surface area contributed by atoms with Crippen LogP contribution in [0.4, 0.5) is 0 Å². The van der Waals surface area contributed by atoms with Gasteiger partial charge in [0.25, 0.3) is 0 Å². The Morgan fingerprint density at radius 1 is 0.611 bits per heavy atom. The minimum Gasteiger partial charge on any atom is -0.481 e. The second kappa shape index (κ2) is 18.9. The molecule has 0 aliphatic heterocycles. The van der Waals surface area contributed by atoms with Gasteiger partial charge in [-0.05, 0) is 6.42 Å². The Morgan fingerprint density at radius 3 is 1.11 bits per heavy atom. The number of hydrogen-bond acceptors (Lipinski definition) is 10. The second-order valence-electron chi connectivity index (χ2n) is 7.64. The van der Waals surface area contributed by atoms with Gasteiger partial charge < -0.3 is 51.1 Å². The highest BCUT2D eigenvalue weighted by Gasteiger charge is 2.41. The van der Waals surface area contributed by atoms with Gasteiger partial charge >= 0.3 is 35.8 Å². The highest BCUT2D eigenvalue weighted by molar-refractivity contribution is 5.88. The molecular formula is C20H34O16. The first-order chi connectivity index (χ1) is 16.4. The minimum absolute atomic E-state index is 0.0911. The van der Waals surface area contributed by atoms with Crippen molar-refractivity contribution in [3.63, 3.8) is 0 Å². The Bertz CT molecular complexity index is 647. The Kier molecular flexibility index (Phi) is 19.6. The molecular weight excluding hydrogens is 496 g/mol. The summed E-state index contributed by atoms with van der Waals surface area (Å²) in [5.74, 6) is -10.0. The maximum atomic E-state index is 10.3. The molecule has 0 radical (unpaired) electrons. The van der Waals surface area contributed by atoms with E-state index in [0.717, 1.165) is 12.8 Å². The zero-order chi connectivity index (χ0) is 29.1. The smallest absolute Gasteiger partial charge is 0.336 e. The fourth-order valence-electron chi connectivity index (χ4n) is 2.33. The van der Waals surface area contributed by atoms with E-state index in [1.54, 1.807) is 0 Å².